The van der Waals surface area contributed by atoms with Gasteiger partial charge in [-0.1, -0.05) is 23.7 Å². The van der Waals surface area contributed by atoms with Crippen LogP contribution in [0.15, 0.2) is 24.3 Å². The number of benzene rings is 1. The van der Waals surface area contributed by atoms with Crippen LogP contribution in [0, 0.1) is 17.8 Å². The molecule has 0 saturated carbocycles. The smallest absolute Gasteiger partial charge is 0.310 e. The van der Waals surface area contributed by atoms with Crippen LogP contribution >= 0.6 is 11.6 Å². The van der Waals surface area contributed by atoms with E-state index < -0.39 is 0 Å². The van der Waals surface area contributed by atoms with Crippen LogP contribution in [0.2, 0.25) is 5.02 Å². The normalized spacial score (nSPS) is 22.6. The first kappa shape index (κ1) is 38.8. The molecule has 30 heavy (non-hydrogen) atoms. The largest absolute Gasteiger partial charge is 0.469 e. The van der Waals surface area contributed by atoms with E-state index in [2.05, 4.69) is 23.8 Å². The Morgan fingerprint density at radius 3 is 1.93 bits per heavy atom. The van der Waals surface area contributed by atoms with E-state index >= 15 is 0 Å². The van der Waals surface area contributed by atoms with Gasteiger partial charge in [-0.2, -0.15) is 0 Å². The second kappa shape index (κ2) is 18.1. The van der Waals surface area contributed by atoms with Crippen molar-refractivity contribution in [1.82, 2.24) is 4.90 Å². The summed E-state index contributed by atoms with van der Waals surface area (Å²) in [5.74, 6) is 5.46. The topological polar surface area (TPSA) is 219 Å². The van der Waals surface area contributed by atoms with Crippen LogP contribution in [-0.2, 0) is 9.53 Å². The summed E-state index contributed by atoms with van der Waals surface area (Å²) in [6.07, 6.45) is 3.29. The van der Waals surface area contributed by atoms with Crippen molar-refractivity contribution >= 4 is 17.6 Å². The maximum absolute atomic E-state index is 12.3. The molecular formula is C20H38ClNO8. The molecular weight excluding hydrogens is 418 g/mol. The lowest BCUT2D eigenvalue weighted by molar-refractivity contribution is -0.150. The van der Waals surface area contributed by atoms with E-state index in [0.29, 0.717) is 12.1 Å². The Kier molecular flexibility index (Phi) is 23.4. The maximum atomic E-state index is 12.3. The van der Waals surface area contributed by atoms with E-state index in [1.807, 2.05) is 38.1 Å². The molecule has 2 aliphatic rings. The first-order valence-corrected chi connectivity index (χ1v) is 8.80. The Balaban J connectivity index is -0.000000193. The summed E-state index contributed by atoms with van der Waals surface area (Å²) < 4.78 is 5.07. The minimum atomic E-state index is -0.0813. The fraction of sp³-hybridized carbons (Fsp3) is 0.550. The molecule has 2 bridgehead atoms. The number of methoxy groups -OCH3 is 1. The minimum absolute atomic E-state index is 0. The molecule has 10 heteroatoms. The Morgan fingerprint density at radius 1 is 1.00 bits per heavy atom. The summed E-state index contributed by atoms with van der Waals surface area (Å²) in [4.78, 5) is 14.6. The molecule has 2 heterocycles. The van der Waals surface area contributed by atoms with Crippen molar-refractivity contribution in [2.24, 2.45) is 5.92 Å². The highest BCUT2D eigenvalue weighted by molar-refractivity contribution is 6.30. The van der Waals surface area contributed by atoms with Crippen molar-refractivity contribution in [3.05, 3.63) is 34.9 Å². The monoisotopic (exact) mass is 455 g/mol. The SMILES string of the molecule is CC#CC.COC(=O)C1C(c2ccc(Cl)cc2)CC2CCC1N2C.O.O.O.O.O.O. The first-order valence-electron chi connectivity index (χ1n) is 8.42. The number of fused-ring (bicyclic) bond motifs is 2. The number of hydrogen-bond donors (Lipinski definition) is 0. The highest BCUT2D eigenvalue weighted by atomic mass is 35.5. The lowest BCUT2D eigenvalue weighted by atomic mass is 9.76. The van der Waals surface area contributed by atoms with Crippen molar-refractivity contribution in [3.63, 3.8) is 0 Å². The molecule has 2 aliphatic heterocycles. The van der Waals surface area contributed by atoms with Gasteiger partial charge >= 0.3 is 5.97 Å². The van der Waals surface area contributed by atoms with Crippen molar-refractivity contribution in [3.8, 4) is 11.8 Å². The summed E-state index contributed by atoms with van der Waals surface area (Å²) >= 11 is 5.97. The number of ether oxygens (including phenoxy) is 1. The number of hydrogen-bond acceptors (Lipinski definition) is 3. The number of carbonyl (C=O) groups excluding carboxylic acids is 1. The summed E-state index contributed by atoms with van der Waals surface area (Å²) in [7, 11) is 3.62. The zero-order chi connectivity index (χ0) is 17.7. The van der Waals surface area contributed by atoms with Gasteiger partial charge in [0.25, 0.3) is 0 Å². The average molecular weight is 456 g/mol. The molecule has 0 amide bonds. The third-order valence-corrected chi connectivity index (χ3v) is 5.54. The predicted octanol–water partition coefficient (Wildman–Crippen LogP) is -0.839. The fourth-order valence-electron chi connectivity index (χ4n) is 3.98. The summed E-state index contributed by atoms with van der Waals surface area (Å²) in [5.41, 5.74) is 1.20. The van der Waals surface area contributed by atoms with Crippen LogP contribution in [0.1, 0.15) is 44.6 Å². The molecule has 0 aromatic heterocycles. The second-order valence-electron chi connectivity index (χ2n) is 6.41. The molecule has 2 saturated heterocycles. The predicted molar refractivity (Wildman–Crippen MR) is 120 cm³/mol. The van der Waals surface area contributed by atoms with Gasteiger partial charge in [-0.05, 0) is 57.9 Å². The van der Waals surface area contributed by atoms with Gasteiger partial charge < -0.3 is 37.6 Å². The van der Waals surface area contributed by atoms with E-state index in [4.69, 9.17) is 16.3 Å². The third kappa shape index (κ3) is 8.55. The van der Waals surface area contributed by atoms with Crippen LogP contribution in [0.4, 0.5) is 0 Å². The first-order chi connectivity index (χ1) is 11.5. The van der Waals surface area contributed by atoms with Crippen molar-refractivity contribution < 1.29 is 42.4 Å². The van der Waals surface area contributed by atoms with Gasteiger partial charge in [0.1, 0.15) is 0 Å². The van der Waals surface area contributed by atoms with Crippen molar-refractivity contribution in [2.45, 2.75) is 51.1 Å². The number of nitrogens with zero attached hydrogens (tertiary/aromatic N) is 1. The lowest BCUT2D eigenvalue weighted by Crippen LogP contribution is -2.49. The van der Waals surface area contributed by atoms with Gasteiger partial charge in [0, 0.05) is 23.0 Å². The standard InChI is InChI=1S/C16H20ClNO2.C4H6.6H2O/c1-18-12-7-8-14(18)15(16(19)20-2)13(9-12)10-3-5-11(17)6-4-10;1-3-4-2;;;;;;/h3-6,12-15H,7-9H2,1-2H3;1-2H3;6*1H2. The lowest BCUT2D eigenvalue weighted by Gasteiger charge is -2.41. The van der Waals surface area contributed by atoms with E-state index in [-0.39, 0.29) is 50.7 Å². The Morgan fingerprint density at radius 2 is 1.50 bits per heavy atom. The highest BCUT2D eigenvalue weighted by Gasteiger charge is 2.49. The van der Waals surface area contributed by atoms with E-state index in [1.165, 1.54) is 19.1 Å². The van der Waals surface area contributed by atoms with E-state index in [9.17, 15) is 4.79 Å². The van der Waals surface area contributed by atoms with Gasteiger partial charge in [-0.3, -0.25) is 9.69 Å². The number of carbonyl (C=O) groups is 1. The van der Waals surface area contributed by atoms with Crippen LogP contribution in [-0.4, -0.2) is 70.0 Å². The summed E-state index contributed by atoms with van der Waals surface area (Å²) in [6, 6.07) is 8.81. The number of rotatable bonds is 2. The molecule has 12 N–H and O–H groups in total. The maximum Gasteiger partial charge on any atom is 0.310 e. The van der Waals surface area contributed by atoms with Gasteiger partial charge in [-0.25, -0.2) is 0 Å². The average Bonchev–Trinajstić information content (AvgIpc) is 2.84. The molecule has 4 atom stereocenters. The van der Waals surface area contributed by atoms with Crippen molar-refractivity contribution in [1.29, 1.82) is 0 Å². The molecule has 178 valence electrons. The summed E-state index contributed by atoms with van der Waals surface area (Å²) in [5, 5.41) is 0.735. The summed E-state index contributed by atoms with van der Waals surface area (Å²) in [6.45, 7) is 3.64. The molecule has 1 aromatic carbocycles. The Bertz CT molecular complexity index is 626. The van der Waals surface area contributed by atoms with Crippen LogP contribution in [0.5, 0.6) is 0 Å². The number of halogens is 1. The molecule has 0 spiro atoms. The quantitative estimate of drug-likeness (QED) is 0.411. The Hall–Kier alpha value is -1.74. The highest BCUT2D eigenvalue weighted by Crippen LogP contribution is 2.46. The van der Waals surface area contributed by atoms with Crippen LogP contribution in [0.3, 0.4) is 0 Å². The van der Waals surface area contributed by atoms with Gasteiger partial charge in [0.05, 0.1) is 13.0 Å². The zero-order valence-electron chi connectivity index (χ0n) is 17.9. The third-order valence-electron chi connectivity index (χ3n) is 5.29. The number of esters is 1. The molecule has 0 radical (unpaired) electrons. The number of piperidine rings is 1. The van der Waals surface area contributed by atoms with Crippen molar-refractivity contribution in [2.75, 3.05) is 14.2 Å². The minimum Gasteiger partial charge on any atom is -0.469 e. The molecule has 2 fully saturated rings. The molecule has 4 unspecified atom stereocenters. The second-order valence-corrected chi connectivity index (χ2v) is 6.84. The van der Waals surface area contributed by atoms with E-state index in [1.54, 1.807) is 0 Å². The van der Waals surface area contributed by atoms with Crippen LogP contribution < -0.4 is 0 Å². The van der Waals surface area contributed by atoms with Gasteiger partial charge in [0.2, 0.25) is 0 Å². The molecule has 9 nitrogen and oxygen atoms in total. The van der Waals surface area contributed by atoms with E-state index in [0.717, 1.165) is 17.9 Å². The van der Waals surface area contributed by atoms with Crippen LogP contribution in [0.25, 0.3) is 0 Å². The zero-order valence-corrected chi connectivity index (χ0v) is 18.6. The molecule has 3 rings (SSSR count). The van der Waals surface area contributed by atoms with Gasteiger partial charge in [-0.15, -0.1) is 11.8 Å². The Labute approximate surface area is 183 Å². The fourth-order valence-corrected chi connectivity index (χ4v) is 4.10. The molecule has 1 aromatic rings. The van der Waals surface area contributed by atoms with Gasteiger partial charge in [0.15, 0.2) is 0 Å². The molecule has 0 aliphatic carbocycles.